The number of morpholine rings is 1. The lowest BCUT2D eigenvalue weighted by atomic mass is 10.1. The molecule has 0 unspecified atom stereocenters. The number of ether oxygens (including phenoxy) is 1. The van der Waals surface area contributed by atoms with E-state index < -0.39 is 6.04 Å². The second-order valence-corrected chi connectivity index (χ2v) is 6.10. The molecule has 2 aromatic heterocycles. The summed E-state index contributed by atoms with van der Waals surface area (Å²) in [5.74, 6) is 0.0837. The van der Waals surface area contributed by atoms with Crippen LogP contribution in [0.3, 0.4) is 0 Å². The summed E-state index contributed by atoms with van der Waals surface area (Å²) in [7, 11) is 1.63. The molecule has 3 heterocycles. The van der Waals surface area contributed by atoms with Gasteiger partial charge in [0.25, 0.3) is 17.0 Å². The number of carbonyl (C=O) groups excluding carboxylic acids is 1. The van der Waals surface area contributed by atoms with Crippen molar-refractivity contribution in [1.29, 1.82) is 0 Å². The molecule has 3 rings (SSSR count). The van der Waals surface area contributed by atoms with Crippen molar-refractivity contribution in [2.75, 3.05) is 19.8 Å². The van der Waals surface area contributed by atoms with Crippen molar-refractivity contribution in [3.63, 3.8) is 0 Å². The lowest BCUT2D eigenvalue weighted by molar-refractivity contribution is -0.00413. The van der Waals surface area contributed by atoms with Crippen LogP contribution in [-0.4, -0.2) is 45.1 Å². The highest BCUT2D eigenvalue weighted by Crippen LogP contribution is 2.23. The normalized spacial score (nSPS) is 17.6. The summed E-state index contributed by atoms with van der Waals surface area (Å²) in [6.45, 7) is 4.41. The van der Waals surface area contributed by atoms with Crippen molar-refractivity contribution >= 4 is 5.91 Å². The third-order valence-corrected chi connectivity index (χ3v) is 4.40. The van der Waals surface area contributed by atoms with Gasteiger partial charge in [0.15, 0.2) is 0 Å². The molecule has 8 heteroatoms. The molecule has 0 spiro atoms. The van der Waals surface area contributed by atoms with Gasteiger partial charge in [-0.2, -0.15) is 0 Å². The van der Waals surface area contributed by atoms with E-state index in [2.05, 4.69) is 9.97 Å². The molecule has 8 nitrogen and oxygen atoms in total. The lowest BCUT2D eigenvalue weighted by Gasteiger charge is -2.35. The van der Waals surface area contributed by atoms with Gasteiger partial charge in [0, 0.05) is 25.4 Å². The third kappa shape index (κ3) is 3.25. The number of nitrogens with one attached hydrogen (secondary N) is 1. The molecule has 1 aliphatic heterocycles. The molecule has 0 aliphatic carbocycles. The minimum Gasteiger partial charge on any atom is -0.377 e. The van der Waals surface area contributed by atoms with Gasteiger partial charge in [-0.1, -0.05) is 0 Å². The Morgan fingerprint density at radius 2 is 2.08 bits per heavy atom. The maximum absolute atomic E-state index is 13.0. The Bertz CT molecular complexity index is 931. The summed E-state index contributed by atoms with van der Waals surface area (Å²) in [4.78, 5) is 45.6. The first kappa shape index (κ1) is 17.1. The van der Waals surface area contributed by atoms with Crippen LogP contribution in [0.25, 0.3) is 0 Å². The van der Waals surface area contributed by atoms with E-state index in [1.54, 1.807) is 37.9 Å². The highest BCUT2D eigenvalue weighted by Gasteiger charge is 2.32. The van der Waals surface area contributed by atoms with E-state index in [0.717, 1.165) is 5.69 Å². The van der Waals surface area contributed by atoms with Gasteiger partial charge in [-0.3, -0.25) is 14.4 Å². The minimum atomic E-state index is -0.506. The SMILES string of the molecule is Cc1nc([C@H]2COCCN2C(=O)c2ccc(C)n(C)c2=O)cc(=O)[nH]1. The summed E-state index contributed by atoms with van der Waals surface area (Å²) in [6.07, 6.45) is 0. The van der Waals surface area contributed by atoms with Crippen LogP contribution in [0.5, 0.6) is 0 Å². The lowest BCUT2D eigenvalue weighted by Crippen LogP contribution is -2.46. The van der Waals surface area contributed by atoms with Crippen LogP contribution in [0.15, 0.2) is 27.8 Å². The summed E-state index contributed by atoms with van der Waals surface area (Å²) >= 11 is 0. The van der Waals surface area contributed by atoms with E-state index in [1.165, 1.54) is 10.6 Å². The number of aryl methyl sites for hydroxylation is 2. The zero-order valence-electron chi connectivity index (χ0n) is 14.4. The monoisotopic (exact) mass is 344 g/mol. The summed E-state index contributed by atoms with van der Waals surface area (Å²) in [6, 6.07) is 4.14. The van der Waals surface area contributed by atoms with Crippen LogP contribution in [0.4, 0.5) is 0 Å². The van der Waals surface area contributed by atoms with Crippen LogP contribution >= 0.6 is 0 Å². The molecular formula is C17H20N4O4. The van der Waals surface area contributed by atoms with Gasteiger partial charge in [0.1, 0.15) is 11.4 Å². The molecule has 25 heavy (non-hydrogen) atoms. The molecule has 1 fully saturated rings. The average molecular weight is 344 g/mol. The van der Waals surface area contributed by atoms with Crippen molar-refractivity contribution in [1.82, 2.24) is 19.4 Å². The van der Waals surface area contributed by atoms with Crippen LogP contribution in [0.2, 0.25) is 0 Å². The first-order valence-electron chi connectivity index (χ1n) is 8.01. The van der Waals surface area contributed by atoms with E-state index >= 15 is 0 Å². The van der Waals surface area contributed by atoms with Crippen molar-refractivity contribution in [3.05, 3.63) is 61.7 Å². The second kappa shape index (κ2) is 6.64. The molecule has 1 atom stereocenters. The molecule has 132 valence electrons. The maximum Gasteiger partial charge on any atom is 0.263 e. The summed E-state index contributed by atoms with van der Waals surface area (Å²) in [5, 5.41) is 0. The van der Waals surface area contributed by atoms with Crippen LogP contribution in [0, 0.1) is 13.8 Å². The Hall–Kier alpha value is -2.74. The van der Waals surface area contributed by atoms with Crippen molar-refractivity contribution < 1.29 is 9.53 Å². The fourth-order valence-electron chi connectivity index (χ4n) is 2.91. The molecule has 1 N–H and O–H groups in total. The Morgan fingerprint density at radius 3 is 2.80 bits per heavy atom. The van der Waals surface area contributed by atoms with E-state index in [4.69, 9.17) is 4.74 Å². The number of rotatable bonds is 2. The fraction of sp³-hybridized carbons (Fsp3) is 0.412. The number of nitrogens with zero attached hydrogens (tertiary/aromatic N) is 3. The van der Waals surface area contributed by atoms with Crippen LogP contribution in [0.1, 0.15) is 33.6 Å². The zero-order valence-corrected chi connectivity index (χ0v) is 14.4. The molecule has 1 aliphatic rings. The van der Waals surface area contributed by atoms with Gasteiger partial charge in [0.2, 0.25) is 0 Å². The average Bonchev–Trinajstić information content (AvgIpc) is 2.58. The number of hydrogen-bond acceptors (Lipinski definition) is 5. The topological polar surface area (TPSA) is 97.3 Å². The highest BCUT2D eigenvalue weighted by molar-refractivity contribution is 5.94. The van der Waals surface area contributed by atoms with E-state index in [0.29, 0.717) is 24.7 Å². The standard InChI is InChI=1S/C17H20N4O4/c1-10-4-5-12(16(23)20(10)3)17(24)21-6-7-25-9-14(21)13-8-15(22)19-11(2)18-13/h4-5,8,14H,6-7,9H2,1-3H3,(H,18,19,22)/t14-/m1/s1. The molecule has 0 aromatic carbocycles. The Labute approximate surface area is 144 Å². The van der Waals surface area contributed by atoms with E-state index in [-0.39, 0.29) is 29.2 Å². The molecule has 0 bridgehead atoms. The Kier molecular flexibility index (Phi) is 4.54. The van der Waals surface area contributed by atoms with Gasteiger partial charge < -0.3 is 19.2 Å². The summed E-state index contributed by atoms with van der Waals surface area (Å²) in [5.41, 5.74) is 0.698. The molecule has 1 amide bonds. The largest absolute Gasteiger partial charge is 0.377 e. The van der Waals surface area contributed by atoms with E-state index in [1.807, 2.05) is 0 Å². The van der Waals surface area contributed by atoms with Crippen molar-refractivity contribution in [2.24, 2.45) is 7.05 Å². The van der Waals surface area contributed by atoms with Gasteiger partial charge in [-0.25, -0.2) is 4.98 Å². The number of pyridine rings is 1. The quantitative estimate of drug-likeness (QED) is 0.845. The second-order valence-electron chi connectivity index (χ2n) is 6.10. The van der Waals surface area contributed by atoms with Crippen molar-refractivity contribution in [3.8, 4) is 0 Å². The Balaban J connectivity index is 2.01. The molecule has 0 radical (unpaired) electrons. The number of hydrogen-bond donors (Lipinski definition) is 1. The first-order valence-corrected chi connectivity index (χ1v) is 8.01. The smallest absolute Gasteiger partial charge is 0.263 e. The fourth-order valence-corrected chi connectivity index (χ4v) is 2.91. The number of carbonyl (C=O) groups is 1. The first-order chi connectivity index (χ1) is 11.9. The van der Waals surface area contributed by atoms with E-state index in [9.17, 15) is 14.4 Å². The number of aromatic nitrogens is 3. The van der Waals surface area contributed by atoms with Gasteiger partial charge in [0.05, 0.1) is 24.9 Å². The molecular weight excluding hydrogens is 324 g/mol. The Morgan fingerprint density at radius 1 is 1.32 bits per heavy atom. The van der Waals surface area contributed by atoms with Crippen LogP contribution < -0.4 is 11.1 Å². The number of H-pyrrole nitrogens is 1. The van der Waals surface area contributed by atoms with Gasteiger partial charge in [-0.15, -0.1) is 0 Å². The highest BCUT2D eigenvalue weighted by atomic mass is 16.5. The predicted octanol–water partition coefficient (Wildman–Crippen LogP) is 0.299. The third-order valence-electron chi connectivity index (χ3n) is 4.40. The van der Waals surface area contributed by atoms with Crippen molar-refractivity contribution in [2.45, 2.75) is 19.9 Å². The summed E-state index contributed by atoms with van der Waals surface area (Å²) < 4.78 is 6.92. The van der Waals surface area contributed by atoms with Gasteiger partial charge in [-0.05, 0) is 26.0 Å². The van der Waals surface area contributed by atoms with Crippen LogP contribution in [-0.2, 0) is 11.8 Å². The maximum atomic E-state index is 13.0. The zero-order chi connectivity index (χ0) is 18.1. The molecule has 1 saturated heterocycles. The predicted molar refractivity (Wildman–Crippen MR) is 90.6 cm³/mol. The number of aromatic amines is 1. The number of amides is 1. The molecule has 2 aromatic rings. The van der Waals surface area contributed by atoms with Gasteiger partial charge >= 0.3 is 0 Å². The minimum absolute atomic E-state index is 0.0987. The molecule has 0 saturated carbocycles.